The van der Waals surface area contributed by atoms with Crippen LogP contribution in [0.2, 0.25) is 10.0 Å². The van der Waals surface area contributed by atoms with E-state index in [1.807, 2.05) is 60.7 Å². The molecule has 0 unspecified atom stereocenters. The number of fused-ring (bicyclic) bond motifs is 1. The van der Waals surface area contributed by atoms with Crippen LogP contribution in [0.15, 0.2) is 78.9 Å². The molecule has 2 amide bonds. The second-order valence-electron chi connectivity index (χ2n) is 7.18. The third-order valence-corrected chi connectivity index (χ3v) is 5.96. The maximum Gasteiger partial charge on any atom is 0.266 e. The van der Waals surface area contributed by atoms with E-state index in [0.29, 0.717) is 10.7 Å². The molecule has 0 saturated carbocycles. The number of imide groups is 1. The molecular formula is C23H16Cl2N2O3. The molecule has 0 N–H and O–H groups in total. The molecule has 2 heterocycles. The number of hydrogen-bond acceptors (Lipinski definition) is 4. The van der Waals surface area contributed by atoms with Crippen molar-refractivity contribution in [3.63, 3.8) is 0 Å². The Bertz CT molecular complexity index is 1120. The smallest absolute Gasteiger partial charge is 0.266 e. The zero-order valence-corrected chi connectivity index (χ0v) is 17.1. The average molecular weight is 439 g/mol. The molecule has 3 atom stereocenters. The number of hydroxylamine groups is 1. The zero-order chi connectivity index (χ0) is 20.8. The van der Waals surface area contributed by atoms with Crippen LogP contribution in [0.4, 0.5) is 11.4 Å². The summed E-state index contributed by atoms with van der Waals surface area (Å²) >= 11 is 12.3. The number of amides is 2. The summed E-state index contributed by atoms with van der Waals surface area (Å²) in [7, 11) is 0. The predicted molar refractivity (Wildman–Crippen MR) is 115 cm³/mol. The molecule has 0 aliphatic carbocycles. The molecule has 5 rings (SSSR count). The van der Waals surface area contributed by atoms with E-state index in [-0.39, 0.29) is 10.9 Å². The van der Waals surface area contributed by atoms with E-state index in [1.54, 1.807) is 17.2 Å². The molecule has 0 spiro atoms. The Labute approximate surface area is 183 Å². The quantitative estimate of drug-likeness (QED) is 0.537. The van der Waals surface area contributed by atoms with Crippen LogP contribution in [0.3, 0.4) is 0 Å². The Morgan fingerprint density at radius 1 is 0.800 bits per heavy atom. The van der Waals surface area contributed by atoms with Crippen LogP contribution < -0.4 is 9.96 Å². The minimum atomic E-state index is -0.936. The van der Waals surface area contributed by atoms with Gasteiger partial charge in [-0.3, -0.25) is 14.4 Å². The van der Waals surface area contributed by atoms with Crippen molar-refractivity contribution in [2.75, 3.05) is 9.96 Å². The first kappa shape index (κ1) is 19.1. The lowest BCUT2D eigenvalue weighted by Crippen LogP contribution is -2.37. The van der Waals surface area contributed by atoms with Gasteiger partial charge in [-0.2, -0.15) is 0 Å². The number of carbonyl (C=O) groups is 2. The fourth-order valence-corrected chi connectivity index (χ4v) is 4.60. The summed E-state index contributed by atoms with van der Waals surface area (Å²) < 4.78 is 0. The van der Waals surface area contributed by atoms with E-state index < -0.39 is 24.0 Å². The molecule has 2 aliphatic rings. The lowest BCUT2D eigenvalue weighted by Gasteiger charge is -2.28. The normalized spacial score (nSPS) is 23.2. The molecule has 2 saturated heterocycles. The minimum Gasteiger partial charge on any atom is -0.273 e. The number of benzene rings is 3. The van der Waals surface area contributed by atoms with Crippen molar-refractivity contribution in [2.24, 2.45) is 5.92 Å². The van der Waals surface area contributed by atoms with Crippen LogP contribution in [0.25, 0.3) is 0 Å². The fourth-order valence-electron chi connectivity index (χ4n) is 4.10. The lowest BCUT2D eigenvalue weighted by atomic mass is 9.90. The van der Waals surface area contributed by atoms with Crippen molar-refractivity contribution in [1.29, 1.82) is 0 Å². The van der Waals surface area contributed by atoms with Gasteiger partial charge in [0.25, 0.3) is 5.91 Å². The number of anilines is 2. The Morgan fingerprint density at radius 2 is 1.47 bits per heavy atom. The summed E-state index contributed by atoms with van der Waals surface area (Å²) in [6, 6.07) is 23.3. The second kappa shape index (κ2) is 7.43. The molecule has 3 aromatic carbocycles. The molecule has 0 radical (unpaired) electrons. The third kappa shape index (κ3) is 2.98. The highest BCUT2D eigenvalue weighted by Crippen LogP contribution is 2.48. The molecule has 2 fully saturated rings. The fraction of sp³-hybridized carbons (Fsp3) is 0.130. The van der Waals surface area contributed by atoms with Crippen molar-refractivity contribution >= 4 is 46.4 Å². The van der Waals surface area contributed by atoms with E-state index in [4.69, 9.17) is 28.0 Å². The first-order chi connectivity index (χ1) is 14.6. The number of rotatable bonds is 3. The lowest BCUT2D eigenvalue weighted by molar-refractivity contribution is -0.126. The van der Waals surface area contributed by atoms with E-state index in [1.165, 1.54) is 6.07 Å². The summed E-state index contributed by atoms with van der Waals surface area (Å²) in [6.07, 6.45) is -0.936. The highest BCUT2D eigenvalue weighted by Gasteiger charge is 2.60. The van der Waals surface area contributed by atoms with Crippen molar-refractivity contribution < 1.29 is 14.4 Å². The van der Waals surface area contributed by atoms with Crippen molar-refractivity contribution in [1.82, 2.24) is 0 Å². The SMILES string of the molecule is O=C1[C@H]2[C@H](ON(c3ccccc3)[C@@H]2c2ccccc2)C(=O)N1c1ccc(Cl)cc1Cl. The van der Waals surface area contributed by atoms with Gasteiger partial charge in [0.15, 0.2) is 6.10 Å². The van der Waals surface area contributed by atoms with Gasteiger partial charge in [-0.1, -0.05) is 71.7 Å². The van der Waals surface area contributed by atoms with Crippen molar-refractivity contribution in [3.8, 4) is 0 Å². The first-order valence-corrected chi connectivity index (χ1v) is 10.2. The molecule has 2 aliphatic heterocycles. The molecular weight excluding hydrogens is 423 g/mol. The standard InChI is InChI=1S/C23H16Cl2N2O3/c24-15-11-12-18(17(25)13-15)26-22(28)19-20(14-7-3-1-4-8-14)27(30-21(19)23(26)29)16-9-5-2-6-10-16/h1-13,19-21H/t19-,20-,21+/m1/s1. The van der Waals surface area contributed by atoms with Gasteiger partial charge in [-0.25, -0.2) is 9.96 Å². The largest absolute Gasteiger partial charge is 0.273 e. The van der Waals surface area contributed by atoms with Crippen LogP contribution in [0.5, 0.6) is 0 Å². The van der Waals surface area contributed by atoms with Gasteiger partial charge in [0.1, 0.15) is 5.92 Å². The van der Waals surface area contributed by atoms with E-state index in [2.05, 4.69) is 0 Å². The Kier molecular flexibility index (Phi) is 4.74. The molecule has 0 bridgehead atoms. The van der Waals surface area contributed by atoms with Gasteiger partial charge in [-0.05, 0) is 35.9 Å². The number of carbonyl (C=O) groups excluding carboxylic acids is 2. The highest BCUT2D eigenvalue weighted by atomic mass is 35.5. The van der Waals surface area contributed by atoms with E-state index in [0.717, 1.165) is 16.2 Å². The van der Waals surface area contributed by atoms with Gasteiger partial charge in [0.2, 0.25) is 5.91 Å². The van der Waals surface area contributed by atoms with Gasteiger partial charge in [0, 0.05) is 5.02 Å². The highest BCUT2D eigenvalue weighted by molar-refractivity contribution is 6.38. The predicted octanol–water partition coefficient (Wildman–Crippen LogP) is 5.04. The topological polar surface area (TPSA) is 49.9 Å². The number of nitrogens with zero attached hydrogens (tertiary/aromatic N) is 2. The number of para-hydroxylation sites is 1. The summed E-state index contributed by atoms with van der Waals surface area (Å²) in [5.74, 6) is -1.48. The summed E-state index contributed by atoms with van der Waals surface area (Å²) in [5, 5.41) is 2.33. The monoisotopic (exact) mass is 438 g/mol. The molecule has 30 heavy (non-hydrogen) atoms. The van der Waals surface area contributed by atoms with Crippen molar-refractivity contribution in [2.45, 2.75) is 12.1 Å². The van der Waals surface area contributed by atoms with E-state index >= 15 is 0 Å². The van der Waals surface area contributed by atoms with Gasteiger partial charge < -0.3 is 0 Å². The molecule has 5 nitrogen and oxygen atoms in total. The number of halogens is 2. The maximum atomic E-state index is 13.5. The summed E-state index contributed by atoms with van der Waals surface area (Å²) in [4.78, 5) is 34.0. The third-order valence-electron chi connectivity index (χ3n) is 5.42. The molecule has 7 heteroatoms. The Balaban J connectivity index is 1.59. The zero-order valence-electron chi connectivity index (χ0n) is 15.6. The Hall–Kier alpha value is -2.86. The molecule has 3 aromatic rings. The van der Waals surface area contributed by atoms with Crippen molar-refractivity contribution in [3.05, 3.63) is 94.5 Å². The van der Waals surface area contributed by atoms with Crippen LogP contribution >= 0.6 is 23.2 Å². The van der Waals surface area contributed by atoms with Crippen LogP contribution in [0, 0.1) is 5.92 Å². The van der Waals surface area contributed by atoms with Gasteiger partial charge >= 0.3 is 0 Å². The molecule has 150 valence electrons. The number of hydrogen-bond donors (Lipinski definition) is 0. The Morgan fingerprint density at radius 3 is 2.13 bits per heavy atom. The van der Waals surface area contributed by atoms with Crippen LogP contribution in [0.1, 0.15) is 11.6 Å². The summed E-state index contributed by atoms with van der Waals surface area (Å²) in [6.45, 7) is 0. The summed E-state index contributed by atoms with van der Waals surface area (Å²) in [5.41, 5.74) is 1.98. The van der Waals surface area contributed by atoms with Gasteiger partial charge in [0.05, 0.1) is 22.4 Å². The van der Waals surface area contributed by atoms with Crippen LogP contribution in [-0.4, -0.2) is 17.9 Å². The first-order valence-electron chi connectivity index (χ1n) is 9.45. The minimum absolute atomic E-state index is 0.236. The van der Waals surface area contributed by atoms with E-state index in [9.17, 15) is 9.59 Å². The molecule has 0 aromatic heterocycles. The van der Waals surface area contributed by atoms with Crippen LogP contribution in [-0.2, 0) is 14.4 Å². The maximum absolute atomic E-state index is 13.5. The average Bonchev–Trinajstić information content (AvgIpc) is 3.26. The van der Waals surface area contributed by atoms with Gasteiger partial charge in [-0.15, -0.1) is 0 Å². The second-order valence-corrected chi connectivity index (χ2v) is 8.02.